The van der Waals surface area contributed by atoms with Crippen molar-refractivity contribution in [2.24, 2.45) is 0 Å². The van der Waals surface area contributed by atoms with Gasteiger partial charge in [0.15, 0.2) is 0 Å². The fourth-order valence-electron chi connectivity index (χ4n) is 3.79. The molecular formula is C24H32N4O3S. The van der Waals surface area contributed by atoms with Crippen molar-refractivity contribution >= 4 is 34.2 Å². The largest absolute Gasteiger partial charge is 0.383 e. The van der Waals surface area contributed by atoms with E-state index in [4.69, 9.17) is 9.72 Å². The molecule has 2 amide bonds. The summed E-state index contributed by atoms with van der Waals surface area (Å²) in [6.07, 6.45) is 2.80. The van der Waals surface area contributed by atoms with Crippen LogP contribution in [0.1, 0.15) is 53.8 Å². The van der Waals surface area contributed by atoms with Crippen molar-refractivity contribution in [3.8, 4) is 0 Å². The summed E-state index contributed by atoms with van der Waals surface area (Å²) >= 11 is 1.73. The van der Waals surface area contributed by atoms with E-state index in [0.29, 0.717) is 24.8 Å². The molecule has 2 heterocycles. The Morgan fingerprint density at radius 3 is 2.69 bits per heavy atom. The number of carbonyl (C=O) groups is 2. The van der Waals surface area contributed by atoms with Gasteiger partial charge >= 0.3 is 0 Å². The lowest BCUT2D eigenvalue weighted by atomic mass is 10.1. The van der Waals surface area contributed by atoms with E-state index in [1.807, 2.05) is 18.2 Å². The number of aromatic nitrogens is 2. The Morgan fingerprint density at radius 1 is 1.25 bits per heavy atom. The minimum absolute atomic E-state index is 0.0527. The smallest absolute Gasteiger partial charge is 0.251 e. The van der Waals surface area contributed by atoms with E-state index in [2.05, 4.69) is 41.2 Å². The summed E-state index contributed by atoms with van der Waals surface area (Å²) in [5, 5.41) is 4.80. The lowest BCUT2D eigenvalue weighted by molar-refractivity contribution is -0.129. The lowest BCUT2D eigenvalue weighted by Crippen LogP contribution is -2.39. The van der Waals surface area contributed by atoms with Gasteiger partial charge in [-0.15, -0.1) is 11.3 Å². The van der Waals surface area contributed by atoms with Gasteiger partial charge in [0.25, 0.3) is 5.91 Å². The van der Waals surface area contributed by atoms with Crippen LogP contribution < -0.4 is 5.32 Å². The first-order chi connectivity index (χ1) is 15.5. The molecule has 0 saturated heterocycles. The number of thiophene rings is 1. The normalized spacial score (nSPS) is 11.3. The first-order valence-corrected chi connectivity index (χ1v) is 11.9. The van der Waals surface area contributed by atoms with E-state index in [9.17, 15) is 9.59 Å². The molecule has 32 heavy (non-hydrogen) atoms. The molecule has 1 aromatic carbocycles. The van der Waals surface area contributed by atoms with Gasteiger partial charge in [-0.3, -0.25) is 9.59 Å². The number of fused-ring (bicyclic) bond motifs is 1. The van der Waals surface area contributed by atoms with Gasteiger partial charge in [-0.05, 0) is 42.5 Å². The summed E-state index contributed by atoms with van der Waals surface area (Å²) in [5.74, 6) is 0.577. The average molecular weight is 457 g/mol. The highest BCUT2D eigenvalue weighted by Gasteiger charge is 2.19. The maximum absolute atomic E-state index is 12.7. The Hall–Kier alpha value is -2.71. The van der Waals surface area contributed by atoms with Crippen LogP contribution in [0.3, 0.4) is 0 Å². The fourth-order valence-corrected chi connectivity index (χ4v) is 4.49. The zero-order valence-electron chi connectivity index (χ0n) is 19.3. The molecule has 8 heteroatoms. The summed E-state index contributed by atoms with van der Waals surface area (Å²) in [6.45, 7) is 5.27. The molecule has 0 unspecified atom stereocenters. The van der Waals surface area contributed by atoms with Crippen LogP contribution in [-0.2, 0) is 16.0 Å². The molecule has 3 rings (SSSR count). The zero-order valence-corrected chi connectivity index (χ0v) is 20.1. The quantitative estimate of drug-likeness (QED) is 0.475. The number of amides is 2. The Morgan fingerprint density at radius 2 is 2.03 bits per heavy atom. The second kappa shape index (κ2) is 11.2. The molecule has 0 aliphatic rings. The summed E-state index contributed by atoms with van der Waals surface area (Å²) in [6, 6.07) is 10.1. The van der Waals surface area contributed by atoms with Crippen molar-refractivity contribution in [3.63, 3.8) is 0 Å². The summed E-state index contributed by atoms with van der Waals surface area (Å²) in [7, 11) is 3.28. The molecule has 0 bridgehead atoms. The second-order valence-corrected chi connectivity index (χ2v) is 8.85. The van der Waals surface area contributed by atoms with Gasteiger partial charge in [-0.2, -0.15) is 0 Å². The number of ether oxygens (including phenoxy) is 1. The van der Waals surface area contributed by atoms with E-state index in [1.165, 1.54) is 4.88 Å². The zero-order chi connectivity index (χ0) is 23.1. The van der Waals surface area contributed by atoms with E-state index >= 15 is 0 Å². The molecule has 2 aromatic heterocycles. The van der Waals surface area contributed by atoms with Crippen LogP contribution in [0.5, 0.6) is 0 Å². The lowest BCUT2D eigenvalue weighted by Gasteiger charge is -2.19. The van der Waals surface area contributed by atoms with Gasteiger partial charge in [0.2, 0.25) is 5.91 Å². The number of nitrogens with zero attached hydrogens (tertiary/aromatic N) is 3. The van der Waals surface area contributed by atoms with Gasteiger partial charge in [0, 0.05) is 43.6 Å². The van der Waals surface area contributed by atoms with Crippen LogP contribution in [0.2, 0.25) is 0 Å². The topological polar surface area (TPSA) is 76.5 Å². The molecule has 1 N–H and O–H groups in total. The number of rotatable bonds is 11. The standard InChI is InChI=1S/C24H32N4O3S/c1-5-18(6-2)28-21-10-9-17(24(30)25-16-23(29)27(3)11-12-31-4)14-20(21)26-22(28)15-19-8-7-13-32-19/h7-10,13-14,18H,5-6,11-12,15-16H2,1-4H3,(H,25,30). The van der Waals surface area contributed by atoms with Crippen molar-refractivity contribution in [2.45, 2.75) is 39.2 Å². The first-order valence-electron chi connectivity index (χ1n) is 11.0. The number of methoxy groups -OCH3 is 1. The van der Waals surface area contributed by atoms with Gasteiger partial charge < -0.3 is 19.5 Å². The SMILES string of the molecule is CCC(CC)n1c(Cc2cccs2)nc2cc(C(=O)NCC(=O)N(C)CCOC)ccc21. The number of nitrogens with one attached hydrogen (secondary N) is 1. The summed E-state index contributed by atoms with van der Waals surface area (Å²) in [5.41, 5.74) is 2.35. The third-order valence-electron chi connectivity index (χ3n) is 5.70. The van der Waals surface area contributed by atoms with Crippen LogP contribution in [0.4, 0.5) is 0 Å². The van der Waals surface area contributed by atoms with Crippen molar-refractivity contribution in [1.29, 1.82) is 0 Å². The molecule has 0 fully saturated rings. The molecule has 0 radical (unpaired) electrons. The third-order valence-corrected chi connectivity index (χ3v) is 6.58. The molecule has 0 spiro atoms. The third kappa shape index (κ3) is 5.55. The van der Waals surface area contributed by atoms with Crippen molar-refractivity contribution in [1.82, 2.24) is 19.8 Å². The predicted molar refractivity (Wildman–Crippen MR) is 128 cm³/mol. The summed E-state index contributed by atoms with van der Waals surface area (Å²) in [4.78, 5) is 32.6. The van der Waals surface area contributed by atoms with Gasteiger partial charge in [-0.25, -0.2) is 4.98 Å². The Kier molecular flexibility index (Phi) is 8.41. The number of carbonyl (C=O) groups excluding carboxylic acids is 2. The Balaban J connectivity index is 1.81. The Bertz CT molecular complexity index is 1040. The van der Waals surface area contributed by atoms with Crippen molar-refractivity contribution in [2.75, 3.05) is 33.9 Å². The molecule has 172 valence electrons. The summed E-state index contributed by atoms with van der Waals surface area (Å²) < 4.78 is 7.31. The highest BCUT2D eigenvalue weighted by atomic mass is 32.1. The molecule has 3 aromatic rings. The van der Waals surface area contributed by atoms with Gasteiger partial charge in [0.1, 0.15) is 5.82 Å². The molecule has 0 aliphatic heterocycles. The highest BCUT2D eigenvalue weighted by molar-refractivity contribution is 7.09. The first kappa shape index (κ1) is 23.9. The predicted octanol–water partition coefficient (Wildman–Crippen LogP) is 3.88. The van der Waals surface area contributed by atoms with E-state index in [1.54, 1.807) is 30.4 Å². The number of hydrogen-bond acceptors (Lipinski definition) is 5. The van der Waals surface area contributed by atoms with Crippen molar-refractivity contribution < 1.29 is 14.3 Å². The molecule has 0 saturated carbocycles. The van der Waals surface area contributed by atoms with E-state index in [0.717, 1.165) is 36.1 Å². The van der Waals surface area contributed by atoms with Crippen LogP contribution in [0.25, 0.3) is 11.0 Å². The van der Waals surface area contributed by atoms with Crippen LogP contribution in [0.15, 0.2) is 35.7 Å². The molecule has 7 nitrogen and oxygen atoms in total. The molecule has 0 atom stereocenters. The monoisotopic (exact) mass is 456 g/mol. The maximum Gasteiger partial charge on any atom is 0.251 e. The molecular weight excluding hydrogens is 424 g/mol. The number of hydrogen-bond donors (Lipinski definition) is 1. The fraction of sp³-hybridized carbons (Fsp3) is 0.458. The van der Waals surface area contributed by atoms with Gasteiger partial charge in [-0.1, -0.05) is 19.9 Å². The van der Waals surface area contributed by atoms with Crippen LogP contribution in [0, 0.1) is 0 Å². The Labute approximate surface area is 193 Å². The van der Waals surface area contributed by atoms with Gasteiger partial charge in [0.05, 0.1) is 24.2 Å². The average Bonchev–Trinajstić information content (AvgIpc) is 3.44. The van der Waals surface area contributed by atoms with Crippen LogP contribution >= 0.6 is 11.3 Å². The van der Waals surface area contributed by atoms with E-state index < -0.39 is 0 Å². The second-order valence-electron chi connectivity index (χ2n) is 7.82. The minimum atomic E-state index is -0.280. The number of benzene rings is 1. The number of imidazole rings is 1. The molecule has 0 aliphatic carbocycles. The van der Waals surface area contributed by atoms with Crippen LogP contribution in [-0.4, -0.2) is 60.1 Å². The number of likely N-dealkylation sites (N-methyl/N-ethyl adjacent to an activating group) is 1. The minimum Gasteiger partial charge on any atom is -0.383 e. The van der Waals surface area contributed by atoms with E-state index in [-0.39, 0.29) is 18.4 Å². The maximum atomic E-state index is 12.7. The van der Waals surface area contributed by atoms with Crippen molar-refractivity contribution in [3.05, 3.63) is 52.0 Å². The highest BCUT2D eigenvalue weighted by Crippen LogP contribution is 2.28.